The zero-order chi connectivity index (χ0) is 26.4. The maximum Gasteiger partial charge on any atom is 0.410 e. The standard InChI is InChI=1S/C23H27N3O10/c1-32-18-10-14(16(25(28)29)12-20(18)34-3)22(36-23(27)24-8-6-5-7-9-24)15-11-19(33-2)21(35-4)13-17(15)26(30)31/h10-13,22H,5-9H2,1-4H3. The average molecular weight is 505 g/mol. The van der Waals surface area contributed by atoms with Crippen molar-refractivity contribution in [3.8, 4) is 23.0 Å². The van der Waals surface area contributed by atoms with Gasteiger partial charge in [-0.2, -0.15) is 0 Å². The van der Waals surface area contributed by atoms with Crippen LogP contribution in [0.1, 0.15) is 36.5 Å². The van der Waals surface area contributed by atoms with E-state index in [1.54, 1.807) is 0 Å². The maximum absolute atomic E-state index is 13.1. The fourth-order valence-corrected chi connectivity index (χ4v) is 4.05. The Labute approximate surface area is 206 Å². The zero-order valence-corrected chi connectivity index (χ0v) is 20.3. The molecule has 2 aromatic carbocycles. The summed E-state index contributed by atoms with van der Waals surface area (Å²) in [5, 5.41) is 24.1. The van der Waals surface area contributed by atoms with Crippen LogP contribution in [0.5, 0.6) is 23.0 Å². The minimum Gasteiger partial charge on any atom is -0.493 e. The highest BCUT2D eigenvalue weighted by Gasteiger charge is 2.36. The fraction of sp³-hybridized carbons (Fsp3) is 0.435. The van der Waals surface area contributed by atoms with Crippen molar-refractivity contribution in [1.82, 2.24) is 4.90 Å². The number of methoxy groups -OCH3 is 4. The molecule has 13 heteroatoms. The van der Waals surface area contributed by atoms with E-state index in [0.717, 1.165) is 31.4 Å². The number of hydrogen-bond acceptors (Lipinski definition) is 10. The third-order valence-corrected chi connectivity index (χ3v) is 5.86. The van der Waals surface area contributed by atoms with Crippen molar-refractivity contribution in [1.29, 1.82) is 0 Å². The Hall–Kier alpha value is -4.29. The van der Waals surface area contributed by atoms with Gasteiger partial charge in [-0.3, -0.25) is 20.2 Å². The number of ether oxygens (including phenoxy) is 5. The minimum atomic E-state index is -1.56. The largest absolute Gasteiger partial charge is 0.493 e. The third kappa shape index (κ3) is 5.34. The molecule has 2 aromatic rings. The summed E-state index contributed by atoms with van der Waals surface area (Å²) in [6, 6.07) is 4.77. The number of likely N-dealkylation sites (tertiary alicyclic amines) is 1. The molecule has 1 fully saturated rings. The second-order valence-electron chi connectivity index (χ2n) is 7.86. The summed E-state index contributed by atoms with van der Waals surface area (Å²) < 4.78 is 26.7. The number of carbonyl (C=O) groups is 1. The third-order valence-electron chi connectivity index (χ3n) is 5.86. The zero-order valence-electron chi connectivity index (χ0n) is 20.3. The molecule has 194 valence electrons. The number of nitro benzene ring substituents is 2. The Bertz CT molecular complexity index is 1070. The monoisotopic (exact) mass is 505 g/mol. The highest BCUT2D eigenvalue weighted by atomic mass is 16.6. The summed E-state index contributed by atoms with van der Waals surface area (Å²) in [7, 11) is 5.30. The summed E-state index contributed by atoms with van der Waals surface area (Å²) in [6.45, 7) is 0.876. The molecule has 1 aliphatic rings. The number of nitrogens with zero attached hydrogens (tertiary/aromatic N) is 3. The van der Waals surface area contributed by atoms with Crippen molar-refractivity contribution in [2.24, 2.45) is 0 Å². The molecule has 0 aliphatic carbocycles. The van der Waals surface area contributed by atoms with E-state index in [1.165, 1.54) is 45.5 Å². The molecular weight excluding hydrogens is 478 g/mol. The molecule has 0 spiro atoms. The van der Waals surface area contributed by atoms with Gasteiger partial charge in [0.1, 0.15) is 0 Å². The second-order valence-corrected chi connectivity index (χ2v) is 7.86. The molecule has 36 heavy (non-hydrogen) atoms. The van der Waals surface area contributed by atoms with Gasteiger partial charge >= 0.3 is 6.09 Å². The number of rotatable bonds is 9. The SMILES string of the molecule is COc1cc(C(OC(=O)N2CCCCC2)c2cc(OC)c(OC)cc2[N+](=O)[O-])c([N+](=O)[O-])cc1OC. The lowest BCUT2D eigenvalue weighted by Crippen LogP contribution is -2.37. The molecule has 0 aromatic heterocycles. The molecule has 0 saturated carbocycles. The number of piperidine rings is 1. The summed E-state index contributed by atoms with van der Waals surface area (Å²) in [6.07, 6.45) is 0.183. The number of benzene rings is 2. The Morgan fingerprint density at radius 2 is 1.14 bits per heavy atom. The van der Waals surface area contributed by atoms with E-state index in [0.29, 0.717) is 13.1 Å². The lowest BCUT2D eigenvalue weighted by atomic mass is 9.96. The van der Waals surface area contributed by atoms with Gasteiger partial charge in [-0.15, -0.1) is 0 Å². The first kappa shape index (κ1) is 26.3. The van der Waals surface area contributed by atoms with Gasteiger partial charge in [0, 0.05) is 13.1 Å². The van der Waals surface area contributed by atoms with E-state index in [9.17, 15) is 25.0 Å². The Kier molecular flexibility index (Phi) is 8.35. The molecule has 0 bridgehead atoms. The second kappa shape index (κ2) is 11.4. The van der Waals surface area contributed by atoms with Crippen LogP contribution in [-0.4, -0.2) is 62.4 Å². The van der Waals surface area contributed by atoms with E-state index in [4.69, 9.17) is 23.7 Å². The summed E-state index contributed by atoms with van der Waals surface area (Å²) in [5.74, 6) is 0.354. The summed E-state index contributed by atoms with van der Waals surface area (Å²) in [4.78, 5) is 37.3. The van der Waals surface area contributed by atoms with Crippen molar-refractivity contribution < 1.29 is 38.3 Å². The van der Waals surface area contributed by atoms with Crippen LogP contribution in [0.15, 0.2) is 24.3 Å². The smallest absolute Gasteiger partial charge is 0.410 e. The van der Waals surface area contributed by atoms with Crippen LogP contribution in [0.25, 0.3) is 0 Å². The van der Waals surface area contributed by atoms with E-state index in [1.807, 2.05) is 0 Å². The van der Waals surface area contributed by atoms with E-state index < -0.39 is 33.4 Å². The molecule has 0 radical (unpaired) electrons. The van der Waals surface area contributed by atoms with Crippen LogP contribution >= 0.6 is 0 Å². The Balaban J connectivity index is 2.29. The molecule has 0 atom stereocenters. The van der Waals surface area contributed by atoms with Gasteiger partial charge in [-0.05, 0) is 31.4 Å². The predicted octanol–water partition coefficient (Wildman–Crippen LogP) is 4.25. The number of amides is 1. The highest BCUT2D eigenvalue weighted by Crippen LogP contribution is 2.45. The first-order chi connectivity index (χ1) is 17.2. The Morgan fingerprint density at radius 1 is 0.750 bits per heavy atom. The number of carbonyl (C=O) groups excluding carboxylic acids is 1. The molecular formula is C23H27N3O10. The van der Waals surface area contributed by atoms with Crippen LogP contribution in [-0.2, 0) is 4.74 Å². The van der Waals surface area contributed by atoms with Crippen molar-refractivity contribution >= 4 is 17.5 Å². The van der Waals surface area contributed by atoms with E-state index in [-0.39, 0.29) is 34.1 Å². The fourth-order valence-electron chi connectivity index (χ4n) is 4.05. The predicted molar refractivity (Wildman–Crippen MR) is 126 cm³/mol. The van der Waals surface area contributed by atoms with Gasteiger partial charge in [-0.1, -0.05) is 0 Å². The summed E-state index contributed by atoms with van der Waals surface area (Å²) in [5.41, 5.74) is -1.24. The quantitative estimate of drug-likeness (QED) is 0.357. The molecule has 0 unspecified atom stereocenters. The van der Waals surface area contributed by atoms with Crippen molar-refractivity contribution in [2.45, 2.75) is 25.4 Å². The molecule has 13 nitrogen and oxygen atoms in total. The van der Waals surface area contributed by atoms with Crippen LogP contribution in [0.4, 0.5) is 16.2 Å². The van der Waals surface area contributed by atoms with Crippen LogP contribution in [0, 0.1) is 20.2 Å². The van der Waals surface area contributed by atoms with Gasteiger partial charge in [0.2, 0.25) is 0 Å². The molecule has 1 heterocycles. The Morgan fingerprint density at radius 3 is 1.50 bits per heavy atom. The average Bonchev–Trinajstić information content (AvgIpc) is 2.90. The van der Waals surface area contributed by atoms with Crippen molar-refractivity contribution in [2.75, 3.05) is 41.5 Å². The van der Waals surface area contributed by atoms with Gasteiger partial charge < -0.3 is 28.6 Å². The molecule has 0 N–H and O–H groups in total. The normalized spacial score (nSPS) is 13.2. The first-order valence-electron chi connectivity index (χ1n) is 11.0. The molecule has 1 saturated heterocycles. The minimum absolute atomic E-state index is 0.0656. The number of nitro groups is 2. The van der Waals surface area contributed by atoms with Crippen molar-refractivity contribution in [3.63, 3.8) is 0 Å². The van der Waals surface area contributed by atoms with E-state index >= 15 is 0 Å². The van der Waals surface area contributed by atoms with Gasteiger partial charge in [0.25, 0.3) is 11.4 Å². The number of hydrogen-bond donors (Lipinski definition) is 0. The maximum atomic E-state index is 13.1. The molecule has 3 rings (SSSR count). The van der Waals surface area contributed by atoms with Gasteiger partial charge in [0.05, 0.1) is 61.5 Å². The highest BCUT2D eigenvalue weighted by molar-refractivity contribution is 5.70. The van der Waals surface area contributed by atoms with E-state index in [2.05, 4.69) is 0 Å². The topological polar surface area (TPSA) is 153 Å². The lowest BCUT2D eigenvalue weighted by molar-refractivity contribution is -0.387. The van der Waals surface area contributed by atoms with Crippen LogP contribution in [0.3, 0.4) is 0 Å². The molecule has 1 aliphatic heterocycles. The van der Waals surface area contributed by atoms with Gasteiger partial charge in [0.15, 0.2) is 29.1 Å². The van der Waals surface area contributed by atoms with Crippen LogP contribution < -0.4 is 18.9 Å². The summed E-state index contributed by atoms with van der Waals surface area (Å²) >= 11 is 0. The first-order valence-corrected chi connectivity index (χ1v) is 11.0. The van der Waals surface area contributed by atoms with Crippen LogP contribution in [0.2, 0.25) is 0 Å². The lowest BCUT2D eigenvalue weighted by Gasteiger charge is -2.28. The molecule has 1 amide bonds. The van der Waals surface area contributed by atoms with Gasteiger partial charge in [-0.25, -0.2) is 4.79 Å². The van der Waals surface area contributed by atoms with Crippen molar-refractivity contribution in [3.05, 3.63) is 55.6 Å².